The molecule has 0 atom stereocenters. The lowest BCUT2D eigenvalue weighted by Gasteiger charge is -2.12. The van der Waals surface area contributed by atoms with Crippen LogP contribution in [0.1, 0.15) is 35.1 Å². The Morgan fingerprint density at radius 3 is 1.45 bits per heavy atom. The number of rotatable bonds is 4. The van der Waals surface area contributed by atoms with Gasteiger partial charge in [-0.25, -0.2) is 8.42 Å². The summed E-state index contributed by atoms with van der Waals surface area (Å²) in [7, 11) is -3.42. The third-order valence-electron chi connectivity index (χ3n) is 6.41. The van der Waals surface area contributed by atoms with E-state index >= 15 is 0 Å². The number of benzene rings is 3. The fourth-order valence-electron chi connectivity index (χ4n) is 4.85. The van der Waals surface area contributed by atoms with Crippen molar-refractivity contribution in [2.45, 2.75) is 38.5 Å². The summed E-state index contributed by atoms with van der Waals surface area (Å²) < 4.78 is 27.5. The van der Waals surface area contributed by atoms with Crippen molar-refractivity contribution in [3.05, 3.63) is 128 Å². The van der Waals surface area contributed by atoms with Crippen LogP contribution in [0.2, 0.25) is 0 Å². The Morgan fingerprint density at radius 2 is 1.00 bits per heavy atom. The first-order chi connectivity index (χ1) is 15.1. The molecule has 3 aromatic carbocycles. The smallest absolute Gasteiger partial charge is 0.199 e. The first-order valence-electron chi connectivity index (χ1n) is 11.0. The van der Waals surface area contributed by atoms with Crippen molar-refractivity contribution in [1.82, 2.24) is 0 Å². The minimum absolute atomic E-state index is 0.565. The molecule has 3 heteroatoms. The van der Waals surface area contributed by atoms with Crippen LogP contribution in [0, 0.1) is 0 Å². The van der Waals surface area contributed by atoms with Crippen LogP contribution in [0.25, 0.3) is 0 Å². The van der Waals surface area contributed by atoms with Crippen molar-refractivity contribution in [3.8, 4) is 0 Å². The maximum Gasteiger partial charge on any atom is 0.199 e. The van der Waals surface area contributed by atoms with Gasteiger partial charge in [0.2, 0.25) is 0 Å². The molecule has 0 saturated heterocycles. The average molecular weight is 427 g/mol. The van der Waals surface area contributed by atoms with E-state index in [0.29, 0.717) is 35.5 Å². The molecule has 2 heterocycles. The molecule has 2 nitrogen and oxygen atoms in total. The Labute approximate surface area is 184 Å². The van der Waals surface area contributed by atoms with E-state index in [4.69, 9.17) is 0 Å². The molecule has 5 rings (SSSR count). The van der Waals surface area contributed by atoms with Crippen LogP contribution in [0.5, 0.6) is 0 Å². The highest BCUT2D eigenvalue weighted by Gasteiger charge is 2.37. The third-order valence-corrected chi connectivity index (χ3v) is 8.61. The molecule has 0 saturated carbocycles. The maximum atomic E-state index is 13.8. The monoisotopic (exact) mass is 426 g/mol. The van der Waals surface area contributed by atoms with Gasteiger partial charge in [0, 0.05) is 0 Å². The van der Waals surface area contributed by atoms with E-state index < -0.39 is 9.84 Å². The quantitative estimate of drug-likeness (QED) is 0.514. The van der Waals surface area contributed by atoms with E-state index in [2.05, 4.69) is 48.5 Å². The zero-order chi connectivity index (χ0) is 21.3. The van der Waals surface area contributed by atoms with Gasteiger partial charge in [-0.2, -0.15) is 0 Å². The van der Waals surface area contributed by atoms with Crippen molar-refractivity contribution >= 4 is 9.84 Å². The molecule has 0 aromatic heterocycles. The Bertz CT molecular complexity index is 1180. The second kappa shape index (κ2) is 8.32. The summed E-state index contributed by atoms with van der Waals surface area (Å²) in [5, 5.41) is 0. The fraction of sp³-hybridized carbons (Fsp3) is 0.214. The average Bonchev–Trinajstić information content (AvgIpc) is 2.96. The van der Waals surface area contributed by atoms with Crippen LogP contribution in [0.3, 0.4) is 0 Å². The van der Waals surface area contributed by atoms with Crippen molar-refractivity contribution < 1.29 is 8.42 Å². The predicted molar refractivity (Wildman–Crippen MR) is 126 cm³/mol. The topological polar surface area (TPSA) is 34.1 Å². The molecule has 2 aliphatic rings. The summed E-state index contributed by atoms with van der Waals surface area (Å²) in [6.07, 6.45) is 3.97. The first kappa shape index (κ1) is 20.0. The molecule has 0 aliphatic carbocycles. The van der Waals surface area contributed by atoms with Gasteiger partial charge >= 0.3 is 0 Å². The molecule has 156 valence electrons. The first-order valence-corrected chi connectivity index (χ1v) is 12.4. The summed E-state index contributed by atoms with van der Waals surface area (Å²) in [4.78, 5) is 1.29. The Hall–Kier alpha value is -2.91. The molecule has 0 N–H and O–H groups in total. The standard InChI is InChI=1S/C28H26O2S/c29-31(30)27-16-14-23-12-7-13-24(18-23)15-17-28(31)26(20-22-10-5-2-6-11-22)25(27)19-21-8-3-1-4-9-21/h1-13,18H,14-17,19-20H2. The van der Waals surface area contributed by atoms with E-state index in [1.54, 1.807) is 0 Å². The maximum absolute atomic E-state index is 13.8. The van der Waals surface area contributed by atoms with Gasteiger partial charge in [-0.1, -0.05) is 84.9 Å². The minimum atomic E-state index is -3.42. The summed E-state index contributed by atoms with van der Waals surface area (Å²) in [5.41, 5.74) is 6.82. The van der Waals surface area contributed by atoms with Crippen LogP contribution < -0.4 is 0 Å². The highest BCUT2D eigenvalue weighted by Crippen LogP contribution is 2.43. The van der Waals surface area contributed by atoms with Crippen molar-refractivity contribution in [2.75, 3.05) is 0 Å². The van der Waals surface area contributed by atoms with Crippen molar-refractivity contribution in [1.29, 1.82) is 0 Å². The van der Waals surface area contributed by atoms with E-state index in [-0.39, 0.29) is 0 Å². The lowest BCUT2D eigenvalue weighted by Crippen LogP contribution is -2.08. The Kier molecular flexibility index (Phi) is 5.37. The normalized spacial score (nSPS) is 17.7. The van der Waals surface area contributed by atoms with Gasteiger partial charge in [-0.3, -0.25) is 0 Å². The van der Waals surface area contributed by atoms with Crippen LogP contribution in [0.15, 0.2) is 106 Å². The molecule has 4 bridgehead atoms. The molecule has 0 fully saturated rings. The highest BCUT2D eigenvalue weighted by molar-refractivity contribution is 7.99. The molecule has 2 aliphatic heterocycles. The van der Waals surface area contributed by atoms with E-state index in [1.807, 2.05) is 36.4 Å². The number of hydrogen-bond acceptors (Lipinski definition) is 2. The van der Waals surface area contributed by atoms with Crippen LogP contribution in [0.4, 0.5) is 0 Å². The molecule has 0 unspecified atom stereocenters. The molecule has 0 radical (unpaired) electrons. The van der Waals surface area contributed by atoms with Gasteiger partial charge in [0.05, 0.1) is 9.81 Å². The summed E-state index contributed by atoms with van der Waals surface area (Å²) in [6.45, 7) is 0. The molecule has 0 amide bonds. The lowest BCUT2D eigenvalue weighted by molar-refractivity contribution is 0.604. The fourth-order valence-corrected chi connectivity index (χ4v) is 6.93. The zero-order valence-electron chi connectivity index (χ0n) is 17.6. The van der Waals surface area contributed by atoms with Gasteiger partial charge in [0.25, 0.3) is 0 Å². The van der Waals surface area contributed by atoms with Crippen LogP contribution in [-0.4, -0.2) is 8.42 Å². The van der Waals surface area contributed by atoms with Crippen LogP contribution >= 0.6 is 0 Å². The Balaban J connectivity index is 1.65. The summed E-state index contributed by atoms with van der Waals surface area (Å²) in [6, 6.07) is 29.1. The summed E-state index contributed by atoms with van der Waals surface area (Å²) >= 11 is 0. The minimum Gasteiger partial charge on any atom is -0.219 e. The highest BCUT2D eigenvalue weighted by atomic mass is 32.2. The largest absolute Gasteiger partial charge is 0.219 e. The van der Waals surface area contributed by atoms with Gasteiger partial charge in [-0.05, 0) is 71.9 Å². The van der Waals surface area contributed by atoms with Gasteiger partial charge in [0.15, 0.2) is 9.84 Å². The molecule has 0 spiro atoms. The van der Waals surface area contributed by atoms with E-state index in [9.17, 15) is 8.42 Å². The number of allylic oxidation sites excluding steroid dienone is 4. The van der Waals surface area contributed by atoms with Crippen molar-refractivity contribution in [2.24, 2.45) is 0 Å². The molecule has 31 heavy (non-hydrogen) atoms. The summed E-state index contributed by atoms with van der Waals surface area (Å²) in [5.74, 6) is 0. The number of fused-ring (bicyclic) bond motifs is 4. The van der Waals surface area contributed by atoms with Crippen molar-refractivity contribution in [3.63, 3.8) is 0 Å². The SMILES string of the molecule is O=S1(=O)C2=C(Cc3ccccc3)C(Cc3ccccc3)=C1CCc1cccc(c1)CC2. The zero-order valence-corrected chi connectivity index (χ0v) is 18.4. The second-order valence-corrected chi connectivity index (χ2v) is 10.4. The molecular weight excluding hydrogens is 400 g/mol. The predicted octanol–water partition coefficient (Wildman–Crippen LogP) is 5.99. The number of sulfone groups is 1. The third kappa shape index (κ3) is 4.03. The number of hydrogen-bond donors (Lipinski definition) is 0. The number of aryl methyl sites for hydroxylation is 2. The van der Waals surface area contributed by atoms with E-state index in [1.165, 1.54) is 11.1 Å². The second-order valence-electron chi connectivity index (χ2n) is 8.45. The molecule has 3 aromatic rings. The lowest BCUT2D eigenvalue weighted by atomic mass is 9.91. The van der Waals surface area contributed by atoms with Crippen LogP contribution in [-0.2, 0) is 35.5 Å². The molecular formula is C28H26O2S. The Morgan fingerprint density at radius 1 is 0.548 bits per heavy atom. The van der Waals surface area contributed by atoms with Gasteiger partial charge in [-0.15, -0.1) is 0 Å². The van der Waals surface area contributed by atoms with Gasteiger partial charge < -0.3 is 0 Å². The van der Waals surface area contributed by atoms with Gasteiger partial charge in [0.1, 0.15) is 0 Å². The van der Waals surface area contributed by atoms with E-state index in [0.717, 1.165) is 35.1 Å².